The summed E-state index contributed by atoms with van der Waals surface area (Å²) in [6, 6.07) is 26.0. The molecule has 1 heterocycles. The van der Waals surface area contributed by atoms with Crippen molar-refractivity contribution in [1.82, 2.24) is 20.1 Å². The molecule has 1 aromatic heterocycles. The fourth-order valence-corrected chi connectivity index (χ4v) is 4.90. The Kier molecular flexibility index (Phi) is 10.6. The van der Waals surface area contributed by atoms with Gasteiger partial charge in [-0.25, -0.2) is 0 Å². The van der Waals surface area contributed by atoms with Gasteiger partial charge in [0.1, 0.15) is 23.1 Å². The Hall–Kier alpha value is -4.62. The van der Waals surface area contributed by atoms with Crippen LogP contribution in [0.3, 0.4) is 0 Å². The zero-order chi connectivity index (χ0) is 30.9. The van der Waals surface area contributed by atoms with Crippen LogP contribution in [0.5, 0.6) is 11.5 Å². The summed E-state index contributed by atoms with van der Waals surface area (Å²) < 4.78 is 12.7. The molecule has 8 heteroatoms. The topological polar surface area (TPSA) is 78.3 Å². The van der Waals surface area contributed by atoms with Crippen LogP contribution >= 0.6 is 11.6 Å². The monoisotopic (exact) mass is 596 g/mol. The van der Waals surface area contributed by atoms with Crippen molar-refractivity contribution in [3.63, 3.8) is 0 Å². The van der Waals surface area contributed by atoms with Gasteiger partial charge in [0, 0.05) is 30.5 Å². The maximum atomic E-state index is 10.8. The summed E-state index contributed by atoms with van der Waals surface area (Å²) in [5, 5.41) is 14.4. The minimum atomic E-state index is 0.0115. The van der Waals surface area contributed by atoms with E-state index in [2.05, 4.69) is 51.8 Å². The molecule has 43 heavy (non-hydrogen) atoms. The lowest BCUT2D eigenvalue weighted by Gasteiger charge is -2.17. The molecule has 1 N–H and O–H groups in total. The molecule has 0 aliphatic carbocycles. The van der Waals surface area contributed by atoms with Gasteiger partial charge in [-0.1, -0.05) is 61.5 Å². The van der Waals surface area contributed by atoms with Crippen molar-refractivity contribution in [2.45, 2.75) is 33.6 Å². The summed E-state index contributed by atoms with van der Waals surface area (Å²) in [6.07, 6.45) is 1.63. The standard InChI is InChI=1S/C20H20ClN3O.C15H17NO2/c1-5-20-23-22-14(3)24(20)19-11-10-17(25-4)12-18(19)13(2)15-6-8-16(21)9-7-15;1-11(17)16-8-7-12-3-4-13-5-6-15(18-2)10-14(13)9-12/h6-12H,2,5H2,1,3-4H3;3-6,9-10H,7-8H2,1-2H3,(H,16,17). The van der Waals surface area contributed by atoms with Crippen molar-refractivity contribution >= 4 is 33.9 Å². The summed E-state index contributed by atoms with van der Waals surface area (Å²) >= 11 is 6.01. The number of nitrogens with one attached hydrogen (secondary N) is 1. The molecule has 7 nitrogen and oxygen atoms in total. The van der Waals surface area contributed by atoms with E-state index < -0.39 is 0 Å². The van der Waals surface area contributed by atoms with Crippen LogP contribution < -0.4 is 14.8 Å². The van der Waals surface area contributed by atoms with Crippen molar-refractivity contribution in [3.05, 3.63) is 119 Å². The average molecular weight is 597 g/mol. The third-order valence-electron chi connectivity index (χ3n) is 7.07. The van der Waals surface area contributed by atoms with Crippen LogP contribution in [0.1, 0.15) is 42.2 Å². The number of hydrogen-bond donors (Lipinski definition) is 1. The molecule has 0 saturated heterocycles. The van der Waals surface area contributed by atoms with Gasteiger partial charge in [-0.3, -0.25) is 9.36 Å². The van der Waals surface area contributed by atoms with Gasteiger partial charge in [0.15, 0.2) is 0 Å². The number of fused-ring (bicyclic) bond motifs is 1. The van der Waals surface area contributed by atoms with E-state index in [4.69, 9.17) is 21.1 Å². The molecular weight excluding hydrogens is 560 g/mol. The second-order valence-electron chi connectivity index (χ2n) is 10.0. The number of ether oxygens (including phenoxy) is 2. The molecule has 0 spiro atoms. The summed E-state index contributed by atoms with van der Waals surface area (Å²) in [5.41, 5.74) is 5.06. The predicted octanol–water partition coefficient (Wildman–Crippen LogP) is 7.39. The van der Waals surface area contributed by atoms with Gasteiger partial charge in [0.2, 0.25) is 5.91 Å². The Labute approximate surface area is 258 Å². The highest BCUT2D eigenvalue weighted by Gasteiger charge is 2.16. The minimum Gasteiger partial charge on any atom is -0.497 e. The number of carbonyl (C=O) groups excluding carboxylic acids is 1. The summed E-state index contributed by atoms with van der Waals surface area (Å²) in [7, 11) is 3.33. The highest BCUT2D eigenvalue weighted by Crippen LogP contribution is 2.32. The number of hydrogen-bond acceptors (Lipinski definition) is 5. The van der Waals surface area contributed by atoms with E-state index in [0.29, 0.717) is 11.6 Å². The quantitative estimate of drug-likeness (QED) is 0.192. The smallest absolute Gasteiger partial charge is 0.216 e. The average Bonchev–Trinajstić information content (AvgIpc) is 3.40. The van der Waals surface area contributed by atoms with E-state index in [0.717, 1.165) is 63.8 Å². The normalized spacial score (nSPS) is 10.6. The van der Waals surface area contributed by atoms with Crippen molar-refractivity contribution in [1.29, 1.82) is 0 Å². The molecule has 0 radical (unpaired) electrons. The van der Waals surface area contributed by atoms with Gasteiger partial charge in [-0.05, 0) is 83.3 Å². The van der Waals surface area contributed by atoms with Gasteiger partial charge >= 0.3 is 0 Å². The Bertz CT molecular complexity index is 1730. The number of nitrogens with zero attached hydrogens (tertiary/aromatic N) is 3. The Morgan fingerprint density at radius 3 is 2.26 bits per heavy atom. The predicted molar refractivity (Wildman–Crippen MR) is 175 cm³/mol. The number of methoxy groups -OCH3 is 2. The van der Waals surface area contributed by atoms with Gasteiger partial charge < -0.3 is 14.8 Å². The van der Waals surface area contributed by atoms with Crippen molar-refractivity contribution in [2.75, 3.05) is 20.8 Å². The van der Waals surface area contributed by atoms with E-state index in [9.17, 15) is 4.79 Å². The maximum absolute atomic E-state index is 10.8. The first-order valence-electron chi connectivity index (χ1n) is 14.1. The fraction of sp³-hybridized carbons (Fsp3) is 0.229. The zero-order valence-corrected chi connectivity index (χ0v) is 26.0. The Balaban J connectivity index is 0.000000208. The lowest BCUT2D eigenvalue weighted by molar-refractivity contribution is -0.118. The third kappa shape index (κ3) is 7.81. The van der Waals surface area contributed by atoms with E-state index in [1.54, 1.807) is 14.2 Å². The number of rotatable bonds is 9. The fourth-order valence-electron chi connectivity index (χ4n) is 4.77. The molecule has 0 saturated carbocycles. The highest BCUT2D eigenvalue weighted by atomic mass is 35.5. The molecule has 5 aromatic rings. The second kappa shape index (κ2) is 14.5. The van der Waals surface area contributed by atoms with Crippen LogP contribution in [-0.2, 0) is 17.6 Å². The SMILES string of the molecule is C=C(c1ccc(Cl)cc1)c1cc(OC)ccc1-n1c(C)nnc1CC.COc1ccc2ccc(CCNC(C)=O)cc2c1. The van der Waals surface area contributed by atoms with Gasteiger partial charge in [-0.15, -0.1) is 10.2 Å². The first-order valence-corrected chi connectivity index (χ1v) is 14.5. The third-order valence-corrected chi connectivity index (χ3v) is 7.32. The summed E-state index contributed by atoms with van der Waals surface area (Å²) in [5.74, 6) is 3.40. The molecule has 4 aromatic carbocycles. The molecule has 5 rings (SSSR count). The molecule has 0 fully saturated rings. The largest absolute Gasteiger partial charge is 0.497 e. The first kappa shape index (κ1) is 31.3. The molecule has 0 unspecified atom stereocenters. The number of benzene rings is 4. The van der Waals surface area contributed by atoms with Gasteiger partial charge in [0.25, 0.3) is 0 Å². The molecule has 0 bridgehead atoms. The van der Waals surface area contributed by atoms with Crippen LogP contribution in [0.25, 0.3) is 22.0 Å². The second-order valence-corrected chi connectivity index (χ2v) is 10.4. The number of aromatic nitrogens is 3. The zero-order valence-electron chi connectivity index (χ0n) is 25.3. The maximum Gasteiger partial charge on any atom is 0.216 e. The van der Waals surface area contributed by atoms with Gasteiger partial charge in [0.05, 0.1) is 19.9 Å². The van der Waals surface area contributed by atoms with E-state index in [1.165, 1.54) is 17.9 Å². The van der Waals surface area contributed by atoms with Crippen LogP contribution in [-0.4, -0.2) is 41.4 Å². The van der Waals surface area contributed by atoms with Crippen LogP contribution in [0.4, 0.5) is 0 Å². The number of carbonyl (C=O) groups is 1. The molecule has 0 aliphatic heterocycles. The van der Waals surface area contributed by atoms with Crippen molar-refractivity contribution in [3.8, 4) is 17.2 Å². The van der Waals surface area contributed by atoms with Crippen LogP contribution in [0, 0.1) is 6.92 Å². The van der Waals surface area contributed by atoms with Gasteiger partial charge in [-0.2, -0.15) is 0 Å². The van der Waals surface area contributed by atoms with E-state index in [-0.39, 0.29) is 5.91 Å². The van der Waals surface area contributed by atoms with E-state index >= 15 is 0 Å². The van der Waals surface area contributed by atoms with Crippen molar-refractivity contribution < 1.29 is 14.3 Å². The first-order chi connectivity index (χ1) is 20.7. The van der Waals surface area contributed by atoms with Crippen molar-refractivity contribution in [2.24, 2.45) is 0 Å². The Morgan fingerprint density at radius 2 is 1.58 bits per heavy atom. The molecule has 1 amide bonds. The molecule has 0 aliphatic rings. The Morgan fingerprint density at radius 1 is 0.907 bits per heavy atom. The van der Waals surface area contributed by atoms with Crippen LogP contribution in [0.15, 0.2) is 85.4 Å². The number of aryl methyl sites for hydroxylation is 2. The molecule has 222 valence electrons. The highest BCUT2D eigenvalue weighted by molar-refractivity contribution is 6.30. The number of halogens is 1. The lowest BCUT2D eigenvalue weighted by Crippen LogP contribution is -2.22. The molecule has 0 atom stereocenters. The minimum absolute atomic E-state index is 0.0115. The summed E-state index contributed by atoms with van der Waals surface area (Å²) in [6.45, 7) is 10.5. The molecular formula is C35H37ClN4O3. The van der Waals surface area contributed by atoms with E-state index in [1.807, 2.05) is 67.6 Å². The lowest BCUT2D eigenvalue weighted by atomic mass is 9.97. The summed E-state index contributed by atoms with van der Waals surface area (Å²) in [4.78, 5) is 10.8. The van der Waals surface area contributed by atoms with Crippen LogP contribution in [0.2, 0.25) is 5.02 Å². The number of amides is 1.